The van der Waals surface area contributed by atoms with Crippen LogP contribution in [0.3, 0.4) is 0 Å². The Balaban J connectivity index is 3.40. The zero-order chi connectivity index (χ0) is 10.8. The van der Waals surface area contributed by atoms with Gasteiger partial charge in [0.05, 0.1) is 0 Å². The molecule has 14 heavy (non-hydrogen) atoms. The Kier molecular flexibility index (Phi) is 8.94. The van der Waals surface area contributed by atoms with Gasteiger partial charge in [0.1, 0.15) is 0 Å². The average Bonchev–Trinajstić information content (AvgIpc) is 2.15. The Morgan fingerprint density at radius 2 is 2.21 bits per heavy atom. The molecular formula is C10H22N2OS. The van der Waals surface area contributed by atoms with Gasteiger partial charge in [-0.15, -0.1) is 0 Å². The second-order valence-corrected chi connectivity index (χ2v) is 4.42. The molecule has 2 amide bonds. The first-order valence-electron chi connectivity index (χ1n) is 5.24. The molecule has 0 saturated carbocycles. The van der Waals surface area contributed by atoms with Gasteiger partial charge in [0.2, 0.25) is 0 Å². The van der Waals surface area contributed by atoms with Crippen molar-refractivity contribution in [1.29, 1.82) is 0 Å². The summed E-state index contributed by atoms with van der Waals surface area (Å²) in [5.74, 6) is 1.09. The molecule has 0 aromatic rings. The first-order valence-corrected chi connectivity index (χ1v) is 6.63. The molecular weight excluding hydrogens is 196 g/mol. The van der Waals surface area contributed by atoms with Crippen molar-refractivity contribution in [3.05, 3.63) is 0 Å². The Labute approximate surface area is 91.4 Å². The Bertz CT molecular complexity index is 153. The second-order valence-electron chi connectivity index (χ2n) is 3.44. The van der Waals surface area contributed by atoms with Crippen molar-refractivity contribution in [1.82, 2.24) is 10.6 Å². The molecule has 0 heterocycles. The van der Waals surface area contributed by atoms with Crippen LogP contribution in [0.2, 0.25) is 0 Å². The number of amides is 2. The zero-order valence-electron chi connectivity index (χ0n) is 9.43. The van der Waals surface area contributed by atoms with Crippen LogP contribution >= 0.6 is 11.8 Å². The molecule has 0 fully saturated rings. The summed E-state index contributed by atoms with van der Waals surface area (Å²) >= 11 is 1.81. The van der Waals surface area contributed by atoms with Crippen LogP contribution in [0.25, 0.3) is 0 Å². The highest BCUT2D eigenvalue weighted by atomic mass is 32.2. The summed E-state index contributed by atoms with van der Waals surface area (Å²) in [6.07, 6.45) is 5.27. The summed E-state index contributed by atoms with van der Waals surface area (Å²) in [5.41, 5.74) is 0. The number of thioether (sulfide) groups is 1. The fourth-order valence-corrected chi connectivity index (χ4v) is 1.61. The van der Waals surface area contributed by atoms with Crippen molar-refractivity contribution >= 4 is 17.8 Å². The van der Waals surface area contributed by atoms with Crippen LogP contribution in [-0.2, 0) is 0 Å². The lowest BCUT2D eigenvalue weighted by atomic mass is 10.3. The van der Waals surface area contributed by atoms with Crippen LogP contribution in [0.5, 0.6) is 0 Å². The summed E-state index contributed by atoms with van der Waals surface area (Å²) < 4.78 is 0. The normalized spacial score (nSPS) is 12.2. The standard InChI is InChI=1S/C10H22N2OS/c1-4-5-7-11-10(13)12-9(2)6-8-14-3/h9H,4-8H2,1-3H3,(H2,11,12,13). The molecule has 0 spiro atoms. The van der Waals surface area contributed by atoms with Crippen molar-refractivity contribution in [3.63, 3.8) is 0 Å². The van der Waals surface area contributed by atoms with E-state index in [0.29, 0.717) is 0 Å². The van der Waals surface area contributed by atoms with E-state index in [9.17, 15) is 4.79 Å². The largest absolute Gasteiger partial charge is 0.338 e. The van der Waals surface area contributed by atoms with Crippen LogP contribution in [0.1, 0.15) is 33.1 Å². The number of nitrogens with one attached hydrogen (secondary N) is 2. The van der Waals surface area contributed by atoms with Gasteiger partial charge in [0.25, 0.3) is 0 Å². The van der Waals surface area contributed by atoms with E-state index in [1.165, 1.54) is 0 Å². The van der Waals surface area contributed by atoms with E-state index < -0.39 is 0 Å². The summed E-state index contributed by atoms with van der Waals surface area (Å²) in [6, 6.07) is 0.233. The molecule has 0 rings (SSSR count). The monoisotopic (exact) mass is 218 g/mol. The predicted molar refractivity (Wildman–Crippen MR) is 63.9 cm³/mol. The van der Waals surface area contributed by atoms with Gasteiger partial charge in [0.15, 0.2) is 0 Å². The molecule has 1 unspecified atom stereocenters. The zero-order valence-corrected chi connectivity index (χ0v) is 10.2. The molecule has 0 aromatic heterocycles. The SMILES string of the molecule is CCCCNC(=O)NC(C)CCSC. The first-order chi connectivity index (χ1) is 6.70. The van der Waals surface area contributed by atoms with E-state index in [-0.39, 0.29) is 12.1 Å². The third-order valence-electron chi connectivity index (χ3n) is 1.95. The highest BCUT2D eigenvalue weighted by molar-refractivity contribution is 7.98. The molecule has 3 nitrogen and oxygen atoms in total. The lowest BCUT2D eigenvalue weighted by Gasteiger charge is -2.13. The van der Waals surface area contributed by atoms with Gasteiger partial charge in [-0.25, -0.2) is 4.79 Å². The predicted octanol–water partition coefficient (Wildman–Crippen LogP) is 2.23. The minimum Gasteiger partial charge on any atom is -0.338 e. The maximum absolute atomic E-state index is 11.3. The third-order valence-corrected chi connectivity index (χ3v) is 2.59. The molecule has 0 aliphatic heterocycles. The van der Waals surface area contributed by atoms with Gasteiger partial charge in [-0.1, -0.05) is 13.3 Å². The summed E-state index contributed by atoms with van der Waals surface area (Å²) in [4.78, 5) is 11.3. The quantitative estimate of drug-likeness (QED) is 0.643. The van der Waals surface area contributed by atoms with Crippen molar-refractivity contribution in [2.45, 2.75) is 39.2 Å². The van der Waals surface area contributed by atoms with Crippen molar-refractivity contribution < 1.29 is 4.79 Å². The lowest BCUT2D eigenvalue weighted by Crippen LogP contribution is -2.41. The average molecular weight is 218 g/mol. The van der Waals surface area contributed by atoms with Crippen LogP contribution in [0.4, 0.5) is 4.79 Å². The van der Waals surface area contributed by atoms with Crippen LogP contribution in [0.15, 0.2) is 0 Å². The fraction of sp³-hybridized carbons (Fsp3) is 0.900. The highest BCUT2D eigenvalue weighted by Gasteiger charge is 2.04. The van der Waals surface area contributed by atoms with E-state index in [2.05, 4.69) is 23.8 Å². The van der Waals surface area contributed by atoms with Gasteiger partial charge >= 0.3 is 6.03 Å². The van der Waals surface area contributed by atoms with Gasteiger partial charge < -0.3 is 10.6 Å². The minimum absolute atomic E-state index is 0.0351. The summed E-state index contributed by atoms with van der Waals surface area (Å²) in [7, 11) is 0. The van der Waals surface area contributed by atoms with Crippen LogP contribution in [0, 0.1) is 0 Å². The minimum atomic E-state index is -0.0351. The van der Waals surface area contributed by atoms with E-state index >= 15 is 0 Å². The fourth-order valence-electron chi connectivity index (χ4n) is 1.02. The number of urea groups is 1. The third kappa shape index (κ3) is 8.23. The molecule has 0 aliphatic carbocycles. The van der Waals surface area contributed by atoms with Crippen LogP contribution < -0.4 is 10.6 Å². The lowest BCUT2D eigenvalue weighted by molar-refractivity contribution is 0.237. The number of carbonyl (C=O) groups excluding carboxylic acids is 1. The second kappa shape index (κ2) is 9.19. The molecule has 2 N–H and O–H groups in total. The first kappa shape index (κ1) is 13.6. The molecule has 0 radical (unpaired) electrons. The molecule has 4 heteroatoms. The van der Waals surface area contributed by atoms with Crippen LogP contribution in [-0.4, -0.2) is 30.6 Å². The van der Waals surface area contributed by atoms with Gasteiger partial charge in [-0.3, -0.25) is 0 Å². The van der Waals surface area contributed by atoms with E-state index in [1.54, 1.807) is 11.8 Å². The molecule has 84 valence electrons. The molecule has 1 atom stereocenters. The van der Waals surface area contributed by atoms with Gasteiger partial charge in [-0.05, 0) is 31.8 Å². The summed E-state index contributed by atoms with van der Waals surface area (Å²) in [6.45, 7) is 4.92. The Morgan fingerprint density at radius 3 is 2.79 bits per heavy atom. The number of carbonyl (C=O) groups is 1. The molecule has 0 saturated heterocycles. The van der Waals surface area contributed by atoms with Gasteiger partial charge in [0, 0.05) is 12.6 Å². The maximum atomic E-state index is 11.3. The summed E-state index contributed by atoms with van der Waals surface area (Å²) in [5, 5.41) is 5.74. The van der Waals surface area contributed by atoms with E-state index in [1.807, 2.05) is 6.92 Å². The Morgan fingerprint density at radius 1 is 1.50 bits per heavy atom. The number of unbranched alkanes of at least 4 members (excludes halogenated alkanes) is 1. The topological polar surface area (TPSA) is 41.1 Å². The molecule has 0 aliphatic rings. The van der Waals surface area contributed by atoms with Gasteiger partial charge in [-0.2, -0.15) is 11.8 Å². The van der Waals surface area contributed by atoms with E-state index in [4.69, 9.17) is 0 Å². The Hall–Kier alpha value is -0.380. The number of hydrogen-bond acceptors (Lipinski definition) is 2. The van der Waals surface area contributed by atoms with Crippen molar-refractivity contribution in [2.75, 3.05) is 18.6 Å². The molecule has 0 bridgehead atoms. The van der Waals surface area contributed by atoms with Crippen molar-refractivity contribution in [2.24, 2.45) is 0 Å². The van der Waals surface area contributed by atoms with Crippen molar-refractivity contribution in [3.8, 4) is 0 Å². The maximum Gasteiger partial charge on any atom is 0.314 e. The number of rotatable bonds is 7. The van der Waals surface area contributed by atoms with E-state index in [0.717, 1.165) is 31.6 Å². The smallest absolute Gasteiger partial charge is 0.314 e. The molecule has 0 aromatic carbocycles. The number of hydrogen-bond donors (Lipinski definition) is 2. The highest BCUT2D eigenvalue weighted by Crippen LogP contribution is 1.99.